The monoisotopic (exact) mass is 242 g/mol. The Bertz CT molecular complexity index is 300. The van der Waals surface area contributed by atoms with E-state index in [2.05, 4.69) is 0 Å². The molecule has 0 saturated carbocycles. The van der Waals surface area contributed by atoms with Crippen LogP contribution in [0.3, 0.4) is 0 Å². The van der Waals surface area contributed by atoms with E-state index in [1.165, 1.54) is 0 Å². The number of carboxylic acid groups (broad SMARTS) is 1. The SMILES string of the molecule is CC[C@H](C)[C@H](N)C(=O)N1CC(C(C)C(=O)O)C1. The minimum Gasteiger partial charge on any atom is -0.481 e. The van der Waals surface area contributed by atoms with Crippen molar-refractivity contribution >= 4 is 11.9 Å². The molecule has 3 atom stereocenters. The Morgan fingerprint density at radius 3 is 2.35 bits per heavy atom. The maximum absolute atomic E-state index is 11.9. The highest BCUT2D eigenvalue weighted by atomic mass is 16.4. The van der Waals surface area contributed by atoms with Gasteiger partial charge in [0.1, 0.15) is 0 Å². The predicted octanol–water partition coefficient (Wildman–Crippen LogP) is 0.539. The zero-order valence-electron chi connectivity index (χ0n) is 10.7. The summed E-state index contributed by atoms with van der Waals surface area (Å²) in [4.78, 5) is 24.4. The Hall–Kier alpha value is -1.10. The highest BCUT2D eigenvalue weighted by molar-refractivity contribution is 5.83. The average Bonchev–Trinajstić information content (AvgIpc) is 2.24. The van der Waals surface area contributed by atoms with E-state index in [1.54, 1.807) is 11.8 Å². The fraction of sp³-hybridized carbons (Fsp3) is 0.833. The second kappa shape index (κ2) is 5.49. The van der Waals surface area contributed by atoms with Crippen molar-refractivity contribution in [2.24, 2.45) is 23.5 Å². The highest BCUT2D eigenvalue weighted by Crippen LogP contribution is 2.25. The molecular weight excluding hydrogens is 220 g/mol. The number of carboxylic acids is 1. The topological polar surface area (TPSA) is 83.6 Å². The van der Waals surface area contributed by atoms with Crippen LogP contribution in [0.15, 0.2) is 0 Å². The summed E-state index contributed by atoms with van der Waals surface area (Å²) >= 11 is 0. The van der Waals surface area contributed by atoms with Gasteiger partial charge >= 0.3 is 5.97 Å². The van der Waals surface area contributed by atoms with Crippen molar-refractivity contribution in [2.45, 2.75) is 33.2 Å². The lowest BCUT2D eigenvalue weighted by Gasteiger charge is -2.42. The first-order chi connectivity index (χ1) is 7.88. The van der Waals surface area contributed by atoms with Gasteiger partial charge in [0.2, 0.25) is 5.91 Å². The van der Waals surface area contributed by atoms with Crippen molar-refractivity contribution in [3.05, 3.63) is 0 Å². The van der Waals surface area contributed by atoms with E-state index in [9.17, 15) is 9.59 Å². The molecule has 3 N–H and O–H groups in total. The van der Waals surface area contributed by atoms with Crippen LogP contribution in [0, 0.1) is 17.8 Å². The molecule has 5 heteroatoms. The van der Waals surface area contributed by atoms with Crippen molar-refractivity contribution in [1.29, 1.82) is 0 Å². The van der Waals surface area contributed by atoms with Crippen LogP contribution >= 0.6 is 0 Å². The van der Waals surface area contributed by atoms with E-state index < -0.39 is 12.0 Å². The van der Waals surface area contributed by atoms with Gasteiger partial charge in [-0.25, -0.2) is 0 Å². The molecule has 98 valence electrons. The Kier molecular flexibility index (Phi) is 4.51. The molecule has 0 spiro atoms. The lowest BCUT2D eigenvalue weighted by molar-refractivity contribution is -0.151. The first-order valence-electron chi connectivity index (χ1n) is 6.15. The first-order valence-corrected chi connectivity index (χ1v) is 6.15. The summed E-state index contributed by atoms with van der Waals surface area (Å²) in [7, 11) is 0. The second-order valence-electron chi connectivity index (χ2n) is 5.04. The molecule has 0 aromatic rings. The molecule has 0 radical (unpaired) electrons. The molecule has 0 aliphatic carbocycles. The van der Waals surface area contributed by atoms with Gasteiger partial charge < -0.3 is 15.7 Å². The minimum absolute atomic E-state index is 0.0480. The fourth-order valence-corrected chi connectivity index (χ4v) is 1.92. The molecule has 1 amide bonds. The molecule has 0 aromatic heterocycles. The normalized spacial score (nSPS) is 21.5. The van der Waals surface area contributed by atoms with Crippen LogP contribution in [0.5, 0.6) is 0 Å². The van der Waals surface area contributed by atoms with Crippen molar-refractivity contribution in [1.82, 2.24) is 4.90 Å². The van der Waals surface area contributed by atoms with E-state index >= 15 is 0 Å². The van der Waals surface area contributed by atoms with Crippen molar-refractivity contribution in [3.63, 3.8) is 0 Å². The number of hydrogen-bond donors (Lipinski definition) is 2. The maximum Gasteiger partial charge on any atom is 0.306 e. The van der Waals surface area contributed by atoms with Gasteiger partial charge in [0.25, 0.3) is 0 Å². The van der Waals surface area contributed by atoms with Gasteiger partial charge in [0, 0.05) is 19.0 Å². The van der Waals surface area contributed by atoms with Crippen molar-refractivity contribution in [3.8, 4) is 0 Å². The van der Waals surface area contributed by atoms with Gasteiger partial charge in [-0.2, -0.15) is 0 Å². The Morgan fingerprint density at radius 1 is 1.41 bits per heavy atom. The lowest BCUT2D eigenvalue weighted by atomic mass is 9.86. The molecule has 1 rings (SSSR count). The van der Waals surface area contributed by atoms with E-state index in [0.29, 0.717) is 13.1 Å². The standard InChI is InChI=1S/C12H22N2O3/c1-4-7(2)10(13)11(15)14-5-9(6-14)8(3)12(16)17/h7-10H,4-6,13H2,1-3H3,(H,16,17)/t7-,8?,10-/m0/s1. The number of carbonyl (C=O) groups excluding carboxylic acids is 1. The van der Waals surface area contributed by atoms with E-state index in [1.807, 2.05) is 13.8 Å². The smallest absolute Gasteiger partial charge is 0.306 e. The van der Waals surface area contributed by atoms with E-state index in [4.69, 9.17) is 10.8 Å². The Morgan fingerprint density at radius 2 is 1.94 bits per heavy atom. The fourth-order valence-electron chi connectivity index (χ4n) is 1.92. The van der Waals surface area contributed by atoms with Crippen LogP contribution in [0.25, 0.3) is 0 Å². The third-order valence-electron chi connectivity index (χ3n) is 3.86. The zero-order chi connectivity index (χ0) is 13.2. The van der Waals surface area contributed by atoms with Gasteiger partial charge in [0.05, 0.1) is 12.0 Å². The van der Waals surface area contributed by atoms with Gasteiger partial charge in [-0.05, 0) is 5.92 Å². The van der Waals surface area contributed by atoms with Crippen LogP contribution in [0.4, 0.5) is 0 Å². The second-order valence-corrected chi connectivity index (χ2v) is 5.04. The number of amides is 1. The summed E-state index contributed by atoms with van der Waals surface area (Å²) in [6.45, 7) is 6.69. The molecule has 0 bridgehead atoms. The summed E-state index contributed by atoms with van der Waals surface area (Å²) in [5, 5.41) is 8.85. The van der Waals surface area contributed by atoms with Crippen LogP contribution in [-0.4, -0.2) is 41.0 Å². The largest absolute Gasteiger partial charge is 0.481 e. The van der Waals surface area contributed by atoms with Gasteiger partial charge in [-0.3, -0.25) is 9.59 Å². The molecule has 1 saturated heterocycles. The molecule has 1 heterocycles. The molecular formula is C12H22N2O3. The van der Waals surface area contributed by atoms with E-state index in [0.717, 1.165) is 6.42 Å². The molecule has 1 unspecified atom stereocenters. The third kappa shape index (κ3) is 2.97. The molecule has 1 aliphatic rings. The molecule has 1 fully saturated rings. The third-order valence-corrected chi connectivity index (χ3v) is 3.86. The predicted molar refractivity (Wildman–Crippen MR) is 64.3 cm³/mol. The number of hydrogen-bond acceptors (Lipinski definition) is 3. The maximum atomic E-state index is 11.9. The summed E-state index contributed by atoms with van der Waals surface area (Å²) in [5.74, 6) is -1.00. The number of nitrogens with two attached hydrogens (primary N) is 1. The number of likely N-dealkylation sites (tertiary alicyclic amines) is 1. The van der Waals surface area contributed by atoms with Crippen molar-refractivity contribution in [2.75, 3.05) is 13.1 Å². The summed E-state index contributed by atoms with van der Waals surface area (Å²) in [5.41, 5.74) is 5.86. The Balaban J connectivity index is 2.42. The number of carbonyl (C=O) groups is 2. The van der Waals surface area contributed by atoms with Crippen LogP contribution in [-0.2, 0) is 9.59 Å². The summed E-state index contributed by atoms with van der Waals surface area (Å²) in [6.07, 6.45) is 0.871. The van der Waals surface area contributed by atoms with Gasteiger partial charge in [-0.1, -0.05) is 27.2 Å². The first kappa shape index (κ1) is 14.0. The lowest BCUT2D eigenvalue weighted by Crippen LogP contribution is -2.58. The molecule has 17 heavy (non-hydrogen) atoms. The van der Waals surface area contributed by atoms with E-state index in [-0.39, 0.29) is 23.7 Å². The minimum atomic E-state index is -0.798. The molecule has 0 aromatic carbocycles. The van der Waals surface area contributed by atoms with Crippen molar-refractivity contribution < 1.29 is 14.7 Å². The van der Waals surface area contributed by atoms with Crippen LogP contribution in [0.1, 0.15) is 27.2 Å². The Labute approximate surface area is 102 Å². The highest BCUT2D eigenvalue weighted by Gasteiger charge is 2.39. The summed E-state index contributed by atoms with van der Waals surface area (Å²) < 4.78 is 0. The average molecular weight is 242 g/mol. The quantitative estimate of drug-likeness (QED) is 0.737. The number of rotatable bonds is 5. The molecule has 1 aliphatic heterocycles. The zero-order valence-corrected chi connectivity index (χ0v) is 10.7. The van der Waals surface area contributed by atoms with Gasteiger partial charge in [-0.15, -0.1) is 0 Å². The summed E-state index contributed by atoms with van der Waals surface area (Å²) in [6, 6.07) is -0.457. The number of aliphatic carboxylic acids is 1. The number of nitrogens with zero attached hydrogens (tertiary/aromatic N) is 1. The molecule has 5 nitrogen and oxygen atoms in total. The van der Waals surface area contributed by atoms with Crippen LogP contribution in [0.2, 0.25) is 0 Å². The van der Waals surface area contributed by atoms with Gasteiger partial charge in [0.15, 0.2) is 0 Å². The van der Waals surface area contributed by atoms with Crippen LogP contribution < -0.4 is 5.73 Å².